The predicted octanol–water partition coefficient (Wildman–Crippen LogP) is 5.87. The summed E-state index contributed by atoms with van der Waals surface area (Å²) >= 11 is 0. The van der Waals surface area contributed by atoms with Crippen LogP contribution in [0.4, 0.5) is 13.2 Å². The monoisotopic (exact) mass is 310 g/mol. The summed E-state index contributed by atoms with van der Waals surface area (Å²) in [5.41, 5.74) is 1.23. The Morgan fingerprint density at radius 2 is 1.55 bits per heavy atom. The topological polar surface area (TPSA) is 9.23 Å². The standard InChI is InChI=1S/C16H15F3O.C2H6/c1-2-12-4-3-5-15(10-12)20-11-13-6-8-14(9-7-13)16(17,18)19;1-2/h3-10H,2,11H2,1H3;1-2H3. The highest BCUT2D eigenvalue weighted by atomic mass is 19.4. The van der Waals surface area contributed by atoms with E-state index in [2.05, 4.69) is 6.92 Å². The Morgan fingerprint density at radius 3 is 2.09 bits per heavy atom. The minimum absolute atomic E-state index is 0.255. The van der Waals surface area contributed by atoms with E-state index in [9.17, 15) is 13.2 Å². The lowest BCUT2D eigenvalue weighted by atomic mass is 10.1. The average Bonchev–Trinajstić information content (AvgIpc) is 2.54. The lowest BCUT2D eigenvalue weighted by Gasteiger charge is -2.09. The van der Waals surface area contributed by atoms with Gasteiger partial charge in [0.25, 0.3) is 0 Å². The highest BCUT2D eigenvalue weighted by molar-refractivity contribution is 5.29. The van der Waals surface area contributed by atoms with Crippen molar-refractivity contribution in [2.45, 2.75) is 40.0 Å². The van der Waals surface area contributed by atoms with Crippen LogP contribution >= 0.6 is 0 Å². The van der Waals surface area contributed by atoms with Crippen LogP contribution in [0.2, 0.25) is 0 Å². The minimum atomic E-state index is -4.30. The van der Waals surface area contributed by atoms with Crippen molar-refractivity contribution in [2.24, 2.45) is 0 Å². The zero-order valence-electron chi connectivity index (χ0n) is 13.1. The highest BCUT2D eigenvalue weighted by Gasteiger charge is 2.29. The van der Waals surface area contributed by atoms with Crippen molar-refractivity contribution >= 4 is 0 Å². The molecule has 2 aromatic rings. The third-order valence-corrected chi connectivity index (χ3v) is 2.99. The van der Waals surface area contributed by atoms with Crippen molar-refractivity contribution in [3.63, 3.8) is 0 Å². The summed E-state index contributed by atoms with van der Waals surface area (Å²) in [6.07, 6.45) is -3.38. The molecule has 0 heterocycles. The van der Waals surface area contributed by atoms with E-state index < -0.39 is 11.7 Å². The Labute approximate surface area is 129 Å². The molecule has 0 N–H and O–H groups in total. The molecule has 120 valence electrons. The number of hydrogen-bond acceptors (Lipinski definition) is 1. The molecule has 0 aliphatic rings. The molecule has 0 fully saturated rings. The summed E-state index contributed by atoms with van der Waals surface area (Å²) < 4.78 is 42.8. The molecule has 0 unspecified atom stereocenters. The Bertz CT molecular complexity index is 559. The van der Waals surface area contributed by atoms with Gasteiger partial charge in [-0.15, -0.1) is 0 Å². The molecule has 0 spiro atoms. The summed E-state index contributed by atoms with van der Waals surface area (Å²) in [4.78, 5) is 0. The van der Waals surface area contributed by atoms with Crippen molar-refractivity contribution in [1.82, 2.24) is 0 Å². The van der Waals surface area contributed by atoms with Crippen LogP contribution in [-0.4, -0.2) is 0 Å². The van der Waals surface area contributed by atoms with E-state index in [1.807, 2.05) is 38.1 Å². The van der Waals surface area contributed by atoms with E-state index in [0.717, 1.165) is 29.9 Å². The molecule has 0 bridgehead atoms. The fraction of sp³-hybridized carbons (Fsp3) is 0.333. The number of alkyl halides is 3. The second-order valence-electron chi connectivity index (χ2n) is 4.48. The summed E-state index contributed by atoms with van der Waals surface area (Å²) in [5.74, 6) is 0.726. The molecule has 0 saturated heterocycles. The predicted molar refractivity (Wildman–Crippen MR) is 82.9 cm³/mol. The van der Waals surface area contributed by atoms with Crippen molar-refractivity contribution in [3.05, 3.63) is 65.2 Å². The van der Waals surface area contributed by atoms with Crippen LogP contribution in [0.3, 0.4) is 0 Å². The molecule has 22 heavy (non-hydrogen) atoms. The van der Waals surface area contributed by atoms with Gasteiger partial charge in [0, 0.05) is 0 Å². The zero-order chi connectivity index (χ0) is 16.6. The number of hydrogen-bond donors (Lipinski definition) is 0. The van der Waals surface area contributed by atoms with E-state index in [1.54, 1.807) is 0 Å². The maximum Gasteiger partial charge on any atom is 0.416 e. The van der Waals surface area contributed by atoms with Gasteiger partial charge in [-0.3, -0.25) is 0 Å². The Morgan fingerprint density at radius 1 is 0.909 bits per heavy atom. The number of benzene rings is 2. The average molecular weight is 310 g/mol. The van der Waals surface area contributed by atoms with Gasteiger partial charge in [0.2, 0.25) is 0 Å². The van der Waals surface area contributed by atoms with E-state index in [4.69, 9.17) is 4.74 Å². The molecule has 0 atom stereocenters. The first-order chi connectivity index (χ1) is 10.5. The highest BCUT2D eigenvalue weighted by Crippen LogP contribution is 2.29. The van der Waals surface area contributed by atoms with Gasteiger partial charge in [0.05, 0.1) is 5.56 Å². The van der Waals surface area contributed by atoms with Crippen LogP contribution in [0.25, 0.3) is 0 Å². The van der Waals surface area contributed by atoms with Crippen LogP contribution in [0.15, 0.2) is 48.5 Å². The Balaban J connectivity index is 0.00000116. The first-order valence-electron chi connectivity index (χ1n) is 7.37. The van der Waals surface area contributed by atoms with Crippen LogP contribution in [0.1, 0.15) is 37.5 Å². The summed E-state index contributed by atoms with van der Waals surface area (Å²) in [6.45, 7) is 6.31. The lowest BCUT2D eigenvalue weighted by molar-refractivity contribution is -0.137. The zero-order valence-corrected chi connectivity index (χ0v) is 13.1. The van der Waals surface area contributed by atoms with Crippen LogP contribution in [0.5, 0.6) is 5.75 Å². The minimum Gasteiger partial charge on any atom is -0.489 e. The lowest BCUT2D eigenvalue weighted by Crippen LogP contribution is -2.05. The molecular formula is C18H21F3O. The van der Waals surface area contributed by atoms with Gasteiger partial charge in [-0.1, -0.05) is 45.0 Å². The molecule has 0 amide bonds. The number of halogens is 3. The summed E-state index contributed by atoms with van der Waals surface area (Å²) in [6, 6.07) is 12.7. The number of aryl methyl sites for hydroxylation is 1. The summed E-state index contributed by atoms with van der Waals surface area (Å²) in [5, 5.41) is 0. The van der Waals surface area contributed by atoms with Gasteiger partial charge in [0.15, 0.2) is 0 Å². The van der Waals surface area contributed by atoms with Crippen molar-refractivity contribution in [1.29, 1.82) is 0 Å². The Kier molecular flexibility index (Phi) is 6.96. The van der Waals surface area contributed by atoms with Crippen LogP contribution < -0.4 is 4.74 Å². The third-order valence-electron chi connectivity index (χ3n) is 2.99. The smallest absolute Gasteiger partial charge is 0.416 e. The second kappa shape index (κ2) is 8.47. The first-order valence-corrected chi connectivity index (χ1v) is 7.37. The maximum atomic E-state index is 12.4. The maximum absolute atomic E-state index is 12.4. The van der Waals surface area contributed by atoms with E-state index >= 15 is 0 Å². The van der Waals surface area contributed by atoms with Gasteiger partial charge in [-0.2, -0.15) is 13.2 Å². The summed E-state index contributed by atoms with van der Waals surface area (Å²) in [7, 11) is 0. The Hall–Kier alpha value is -1.97. The molecule has 0 saturated carbocycles. The molecule has 0 aromatic heterocycles. The molecule has 4 heteroatoms. The number of rotatable bonds is 4. The SMILES string of the molecule is CC.CCc1cccc(OCc2ccc(C(F)(F)F)cc2)c1. The van der Waals surface area contributed by atoms with E-state index in [0.29, 0.717) is 5.56 Å². The van der Waals surface area contributed by atoms with Gasteiger partial charge in [0.1, 0.15) is 12.4 Å². The van der Waals surface area contributed by atoms with Gasteiger partial charge in [-0.25, -0.2) is 0 Å². The van der Waals surface area contributed by atoms with Crippen molar-refractivity contribution in [2.75, 3.05) is 0 Å². The molecule has 2 rings (SSSR count). The van der Waals surface area contributed by atoms with Gasteiger partial charge in [-0.05, 0) is 41.8 Å². The molecule has 0 radical (unpaired) electrons. The van der Waals surface area contributed by atoms with E-state index in [-0.39, 0.29) is 6.61 Å². The van der Waals surface area contributed by atoms with Crippen LogP contribution in [0, 0.1) is 0 Å². The molecule has 2 aromatic carbocycles. The van der Waals surface area contributed by atoms with Crippen molar-refractivity contribution in [3.8, 4) is 5.75 Å². The van der Waals surface area contributed by atoms with Crippen molar-refractivity contribution < 1.29 is 17.9 Å². The fourth-order valence-corrected chi connectivity index (χ4v) is 1.81. The molecule has 1 nitrogen and oxygen atoms in total. The van der Waals surface area contributed by atoms with E-state index in [1.165, 1.54) is 12.1 Å². The largest absolute Gasteiger partial charge is 0.489 e. The molecular weight excluding hydrogens is 289 g/mol. The quantitative estimate of drug-likeness (QED) is 0.686. The van der Waals surface area contributed by atoms with Gasteiger partial charge >= 0.3 is 6.18 Å². The second-order valence-corrected chi connectivity index (χ2v) is 4.48. The van der Waals surface area contributed by atoms with Gasteiger partial charge < -0.3 is 4.74 Å². The first kappa shape index (κ1) is 18.1. The third kappa shape index (κ3) is 5.43. The molecule has 0 aliphatic heterocycles. The number of ether oxygens (including phenoxy) is 1. The fourth-order valence-electron chi connectivity index (χ4n) is 1.81. The molecule has 0 aliphatic carbocycles. The normalized spacial score (nSPS) is 10.6. The van der Waals surface area contributed by atoms with Crippen LogP contribution in [-0.2, 0) is 19.2 Å².